The van der Waals surface area contributed by atoms with E-state index in [4.69, 9.17) is 0 Å². The van der Waals surface area contributed by atoms with Crippen LogP contribution in [0.1, 0.15) is 49.9 Å². The van der Waals surface area contributed by atoms with E-state index in [-0.39, 0.29) is 0 Å². The van der Waals surface area contributed by atoms with E-state index in [1.807, 2.05) is 18.3 Å². The van der Waals surface area contributed by atoms with Crippen LogP contribution in [0.2, 0.25) is 0 Å². The van der Waals surface area contributed by atoms with Crippen LogP contribution in [0.5, 0.6) is 0 Å². The molecule has 0 fully saturated rings. The molecule has 0 radical (unpaired) electrons. The van der Waals surface area contributed by atoms with Crippen LogP contribution in [0, 0.1) is 0 Å². The maximum absolute atomic E-state index is 4.34. The standard InChI is InChI=1S/C14H18N4/c1-11(13-4-3-7-17-18-13)5-6-12(2)14-10-15-8-9-16-14/h3-4,7-12H,5-6H2,1-2H3. The van der Waals surface area contributed by atoms with E-state index in [1.165, 1.54) is 0 Å². The van der Waals surface area contributed by atoms with Gasteiger partial charge in [-0.3, -0.25) is 9.97 Å². The summed E-state index contributed by atoms with van der Waals surface area (Å²) >= 11 is 0. The highest BCUT2D eigenvalue weighted by Crippen LogP contribution is 2.24. The Morgan fingerprint density at radius 1 is 1.00 bits per heavy atom. The predicted molar refractivity (Wildman–Crippen MR) is 70.1 cm³/mol. The van der Waals surface area contributed by atoms with Crippen molar-refractivity contribution in [3.63, 3.8) is 0 Å². The Hall–Kier alpha value is -1.84. The summed E-state index contributed by atoms with van der Waals surface area (Å²) in [5.41, 5.74) is 2.12. The van der Waals surface area contributed by atoms with Gasteiger partial charge < -0.3 is 0 Å². The molecule has 0 saturated carbocycles. The quantitative estimate of drug-likeness (QED) is 0.808. The van der Waals surface area contributed by atoms with Gasteiger partial charge in [-0.1, -0.05) is 13.8 Å². The lowest BCUT2D eigenvalue weighted by Gasteiger charge is -2.14. The molecule has 2 rings (SSSR count). The SMILES string of the molecule is CC(CCC(C)c1cccnn1)c1cnccn1. The molecular weight excluding hydrogens is 224 g/mol. The zero-order chi connectivity index (χ0) is 12.8. The van der Waals surface area contributed by atoms with Gasteiger partial charge in [0.15, 0.2) is 0 Å². The second-order valence-corrected chi connectivity index (χ2v) is 4.66. The Bertz CT molecular complexity index is 412. The van der Waals surface area contributed by atoms with E-state index < -0.39 is 0 Å². The fraction of sp³-hybridized carbons (Fsp3) is 0.429. The van der Waals surface area contributed by atoms with Crippen molar-refractivity contribution in [1.82, 2.24) is 20.2 Å². The summed E-state index contributed by atoms with van der Waals surface area (Å²) in [6, 6.07) is 3.97. The average Bonchev–Trinajstić information content (AvgIpc) is 2.46. The number of rotatable bonds is 5. The van der Waals surface area contributed by atoms with Crippen LogP contribution in [0.4, 0.5) is 0 Å². The van der Waals surface area contributed by atoms with Crippen LogP contribution in [0.15, 0.2) is 36.9 Å². The van der Waals surface area contributed by atoms with Crippen LogP contribution in [-0.2, 0) is 0 Å². The van der Waals surface area contributed by atoms with E-state index in [0.29, 0.717) is 11.8 Å². The van der Waals surface area contributed by atoms with Crippen LogP contribution in [-0.4, -0.2) is 20.2 Å². The maximum Gasteiger partial charge on any atom is 0.0659 e. The molecule has 4 heteroatoms. The van der Waals surface area contributed by atoms with Crippen molar-refractivity contribution in [2.45, 2.75) is 38.5 Å². The fourth-order valence-corrected chi connectivity index (χ4v) is 1.94. The minimum atomic E-state index is 0.429. The van der Waals surface area contributed by atoms with Crippen molar-refractivity contribution >= 4 is 0 Å². The molecule has 0 aliphatic carbocycles. The lowest BCUT2D eigenvalue weighted by atomic mass is 9.94. The van der Waals surface area contributed by atoms with Gasteiger partial charge in [-0.25, -0.2) is 0 Å². The van der Waals surface area contributed by atoms with E-state index >= 15 is 0 Å². The van der Waals surface area contributed by atoms with Crippen LogP contribution >= 0.6 is 0 Å². The van der Waals surface area contributed by atoms with Gasteiger partial charge in [-0.05, 0) is 30.9 Å². The van der Waals surface area contributed by atoms with Gasteiger partial charge in [0.1, 0.15) is 0 Å². The van der Waals surface area contributed by atoms with Crippen molar-refractivity contribution in [1.29, 1.82) is 0 Å². The monoisotopic (exact) mass is 242 g/mol. The molecule has 2 aromatic rings. The molecule has 2 atom stereocenters. The smallest absolute Gasteiger partial charge is 0.0659 e. The predicted octanol–water partition coefficient (Wildman–Crippen LogP) is 2.95. The summed E-state index contributed by atoms with van der Waals surface area (Å²) < 4.78 is 0. The third kappa shape index (κ3) is 3.32. The summed E-state index contributed by atoms with van der Waals surface area (Å²) in [5.74, 6) is 0.857. The Morgan fingerprint density at radius 3 is 2.39 bits per heavy atom. The molecule has 2 aromatic heterocycles. The summed E-state index contributed by atoms with van der Waals surface area (Å²) in [6.45, 7) is 4.38. The Balaban J connectivity index is 1.89. The average molecular weight is 242 g/mol. The normalized spacial score (nSPS) is 14.1. The van der Waals surface area contributed by atoms with Crippen LogP contribution < -0.4 is 0 Å². The molecule has 18 heavy (non-hydrogen) atoms. The summed E-state index contributed by atoms with van der Waals surface area (Å²) in [6.07, 6.45) is 9.17. The van der Waals surface area contributed by atoms with Crippen molar-refractivity contribution < 1.29 is 0 Å². The molecule has 4 nitrogen and oxygen atoms in total. The van der Waals surface area contributed by atoms with Crippen molar-refractivity contribution in [3.05, 3.63) is 48.3 Å². The molecular formula is C14H18N4. The molecule has 0 aromatic carbocycles. The molecule has 94 valence electrons. The van der Waals surface area contributed by atoms with Gasteiger partial charge in [-0.2, -0.15) is 10.2 Å². The van der Waals surface area contributed by atoms with Crippen molar-refractivity contribution in [2.24, 2.45) is 0 Å². The molecule has 0 bridgehead atoms. The fourth-order valence-electron chi connectivity index (χ4n) is 1.94. The molecule has 0 spiro atoms. The third-order valence-electron chi connectivity index (χ3n) is 3.22. The number of hydrogen-bond acceptors (Lipinski definition) is 4. The minimum Gasteiger partial charge on any atom is -0.261 e. The molecule has 0 amide bonds. The van der Waals surface area contributed by atoms with Crippen LogP contribution in [0.3, 0.4) is 0 Å². The van der Waals surface area contributed by atoms with E-state index in [1.54, 1.807) is 18.6 Å². The second kappa shape index (κ2) is 6.19. The highest BCUT2D eigenvalue weighted by molar-refractivity contribution is 5.06. The Kier molecular flexibility index (Phi) is 4.34. The van der Waals surface area contributed by atoms with Crippen molar-refractivity contribution in [3.8, 4) is 0 Å². The highest BCUT2D eigenvalue weighted by atomic mass is 15.1. The third-order valence-corrected chi connectivity index (χ3v) is 3.22. The first-order valence-electron chi connectivity index (χ1n) is 6.31. The van der Waals surface area contributed by atoms with E-state index in [9.17, 15) is 0 Å². The second-order valence-electron chi connectivity index (χ2n) is 4.66. The largest absolute Gasteiger partial charge is 0.261 e. The van der Waals surface area contributed by atoms with Gasteiger partial charge in [0, 0.05) is 30.7 Å². The van der Waals surface area contributed by atoms with Crippen LogP contribution in [0.25, 0.3) is 0 Å². The van der Waals surface area contributed by atoms with Gasteiger partial charge in [0.25, 0.3) is 0 Å². The lowest BCUT2D eigenvalue weighted by Crippen LogP contribution is -2.03. The molecule has 2 unspecified atom stereocenters. The van der Waals surface area contributed by atoms with Gasteiger partial charge in [0.05, 0.1) is 11.4 Å². The summed E-state index contributed by atoms with van der Waals surface area (Å²) in [5, 5.41) is 8.07. The summed E-state index contributed by atoms with van der Waals surface area (Å²) in [7, 11) is 0. The zero-order valence-corrected chi connectivity index (χ0v) is 10.8. The first kappa shape index (κ1) is 12.6. The van der Waals surface area contributed by atoms with Gasteiger partial charge in [-0.15, -0.1) is 0 Å². The first-order valence-corrected chi connectivity index (χ1v) is 6.31. The lowest BCUT2D eigenvalue weighted by molar-refractivity contribution is 0.552. The summed E-state index contributed by atoms with van der Waals surface area (Å²) in [4.78, 5) is 8.45. The molecule has 0 aliphatic heterocycles. The Morgan fingerprint density at radius 2 is 1.78 bits per heavy atom. The molecule has 0 N–H and O–H groups in total. The zero-order valence-electron chi connectivity index (χ0n) is 10.8. The Labute approximate surface area is 108 Å². The number of nitrogens with zero attached hydrogens (tertiary/aromatic N) is 4. The molecule has 0 aliphatic rings. The van der Waals surface area contributed by atoms with E-state index in [0.717, 1.165) is 24.2 Å². The number of hydrogen-bond donors (Lipinski definition) is 0. The van der Waals surface area contributed by atoms with Gasteiger partial charge >= 0.3 is 0 Å². The number of aromatic nitrogens is 4. The minimum absolute atomic E-state index is 0.429. The highest BCUT2D eigenvalue weighted by Gasteiger charge is 2.12. The van der Waals surface area contributed by atoms with Gasteiger partial charge in [0.2, 0.25) is 0 Å². The maximum atomic E-state index is 4.34. The first-order chi connectivity index (χ1) is 8.77. The topological polar surface area (TPSA) is 51.6 Å². The molecule has 0 saturated heterocycles. The van der Waals surface area contributed by atoms with E-state index in [2.05, 4.69) is 34.0 Å². The van der Waals surface area contributed by atoms with Crippen molar-refractivity contribution in [2.75, 3.05) is 0 Å². The molecule has 2 heterocycles.